The van der Waals surface area contributed by atoms with Crippen LogP contribution in [-0.2, 0) is 23.4 Å². The Bertz CT molecular complexity index is 1520. The minimum Gasteiger partial charge on any atom is -0.361 e. The second-order valence-electron chi connectivity index (χ2n) is 10.4. The summed E-state index contributed by atoms with van der Waals surface area (Å²) in [6.07, 6.45) is 7.69. The maximum absolute atomic E-state index is 13.8. The van der Waals surface area contributed by atoms with Crippen LogP contribution in [0.25, 0.3) is 10.9 Å². The van der Waals surface area contributed by atoms with Crippen molar-refractivity contribution in [2.45, 2.75) is 44.8 Å². The van der Waals surface area contributed by atoms with Crippen molar-refractivity contribution >= 4 is 22.5 Å². The number of hydrogen-bond acceptors (Lipinski definition) is 3. The quantitative estimate of drug-likeness (QED) is 0.197. The number of halogens is 2. The summed E-state index contributed by atoms with van der Waals surface area (Å²) in [5.41, 5.74) is 6.60. The van der Waals surface area contributed by atoms with E-state index in [4.69, 9.17) is 16.3 Å². The van der Waals surface area contributed by atoms with Crippen LogP contribution < -0.4 is 0 Å². The highest BCUT2D eigenvalue weighted by atomic mass is 35.5. The second-order valence-corrected chi connectivity index (χ2v) is 10.8. The van der Waals surface area contributed by atoms with Crippen LogP contribution in [0.4, 0.5) is 4.39 Å². The Labute approximate surface area is 234 Å². The zero-order valence-corrected chi connectivity index (χ0v) is 23.0. The van der Waals surface area contributed by atoms with Crippen LogP contribution in [0, 0.1) is 24.1 Å². The fourth-order valence-corrected chi connectivity index (χ4v) is 6.19. The lowest BCUT2D eigenvalue weighted by atomic mass is 9.81. The third kappa shape index (κ3) is 5.65. The Morgan fingerprint density at radius 3 is 2.72 bits per heavy atom. The van der Waals surface area contributed by atoms with Crippen molar-refractivity contribution in [3.8, 4) is 6.07 Å². The Kier molecular flexibility index (Phi) is 8.18. The minimum atomic E-state index is -0.655. The molecule has 0 aliphatic carbocycles. The van der Waals surface area contributed by atoms with Crippen molar-refractivity contribution < 1.29 is 9.13 Å². The molecule has 1 N–H and O–H groups in total. The molecule has 200 valence electrons. The normalized spacial score (nSPS) is 16.5. The second kappa shape index (κ2) is 11.8. The highest BCUT2D eigenvalue weighted by molar-refractivity contribution is 6.31. The number of fused-ring (bicyclic) bond motifs is 2. The Morgan fingerprint density at radius 2 is 1.95 bits per heavy atom. The molecule has 6 heteroatoms. The van der Waals surface area contributed by atoms with E-state index < -0.39 is 5.60 Å². The van der Waals surface area contributed by atoms with Crippen molar-refractivity contribution in [1.29, 1.82) is 5.26 Å². The first-order valence-electron chi connectivity index (χ1n) is 13.5. The van der Waals surface area contributed by atoms with E-state index in [1.807, 2.05) is 48.5 Å². The Morgan fingerprint density at radius 1 is 1.15 bits per heavy atom. The number of hydrogen-bond donors (Lipinski definition) is 1. The molecule has 0 saturated heterocycles. The van der Waals surface area contributed by atoms with E-state index in [0.29, 0.717) is 12.2 Å². The van der Waals surface area contributed by atoms with E-state index in [9.17, 15) is 9.65 Å². The highest BCUT2D eigenvalue weighted by Gasteiger charge is 2.41. The molecule has 4 aromatic rings. The van der Waals surface area contributed by atoms with Crippen molar-refractivity contribution in [3.05, 3.63) is 118 Å². The average Bonchev–Trinajstić information content (AvgIpc) is 3.51. The van der Waals surface area contributed by atoms with E-state index in [1.54, 1.807) is 0 Å². The molecule has 1 aliphatic rings. The van der Waals surface area contributed by atoms with Gasteiger partial charge in [-0.05, 0) is 110 Å². The van der Waals surface area contributed by atoms with Gasteiger partial charge in [0.25, 0.3) is 0 Å². The molecule has 0 spiro atoms. The molecule has 1 aromatic heterocycles. The van der Waals surface area contributed by atoms with Gasteiger partial charge in [0.05, 0.1) is 18.2 Å². The van der Waals surface area contributed by atoms with Gasteiger partial charge >= 0.3 is 0 Å². The summed E-state index contributed by atoms with van der Waals surface area (Å²) in [5, 5.41) is 11.3. The number of nitriles is 1. The number of aromatic amines is 1. The standard InChI is InChI=1S/C33H33ClFN3O/c1-3-14-38(15-4-6-25-21-37-32-23(2)17-28(34)19-30(25)32)16-5-13-33(27-8-10-29(35)11-9-27)31-12-7-24(20-36)18-26(31)22-39-33/h3,7-12,17-19,21,37H,1,4-6,13-16,22H2,2H3. The number of aryl methyl sites for hydroxylation is 2. The molecule has 1 aliphatic heterocycles. The van der Waals surface area contributed by atoms with Crippen molar-refractivity contribution in [3.63, 3.8) is 0 Å². The fourth-order valence-electron chi connectivity index (χ4n) is 5.92. The van der Waals surface area contributed by atoms with Crippen LogP contribution in [0.3, 0.4) is 0 Å². The molecule has 39 heavy (non-hydrogen) atoms. The zero-order chi connectivity index (χ0) is 27.4. The third-order valence-electron chi connectivity index (χ3n) is 7.80. The van der Waals surface area contributed by atoms with Crippen LogP contribution >= 0.6 is 11.6 Å². The summed E-state index contributed by atoms with van der Waals surface area (Å²) in [6, 6.07) is 18.6. The predicted molar refractivity (Wildman–Crippen MR) is 155 cm³/mol. The predicted octanol–water partition coefficient (Wildman–Crippen LogP) is 7.82. The molecule has 2 heterocycles. The SMILES string of the molecule is C=CCN(CCCc1c[nH]c2c(C)cc(Cl)cc12)CCCC1(c2ccc(F)cc2)OCc2cc(C#N)ccc21. The maximum atomic E-state index is 13.8. The molecule has 3 aromatic carbocycles. The molecule has 0 bridgehead atoms. The molecule has 0 saturated carbocycles. The van der Waals surface area contributed by atoms with Gasteiger partial charge in [0.15, 0.2) is 0 Å². The first kappa shape index (κ1) is 27.1. The molecular weight excluding hydrogens is 509 g/mol. The third-order valence-corrected chi connectivity index (χ3v) is 8.02. The van der Waals surface area contributed by atoms with Crippen molar-refractivity contribution in [2.24, 2.45) is 0 Å². The van der Waals surface area contributed by atoms with Crippen molar-refractivity contribution in [1.82, 2.24) is 9.88 Å². The van der Waals surface area contributed by atoms with Crippen molar-refractivity contribution in [2.75, 3.05) is 19.6 Å². The lowest BCUT2D eigenvalue weighted by Gasteiger charge is -2.32. The average molecular weight is 542 g/mol. The monoisotopic (exact) mass is 541 g/mol. The van der Waals surface area contributed by atoms with Crippen LogP contribution in [0.15, 0.2) is 73.4 Å². The molecule has 0 fully saturated rings. The van der Waals surface area contributed by atoms with Gasteiger partial charge in [0.2, 0.25) is 0 Å². The topological polar surface area (TPSA) is 52.0 Å². The van der Waals surface area contributed by atoms with Crippen LogP contribution in [0.1, 0.15) is 52.6 Å². The Hall–Kier alpha value is -3.43. The lowest BCUT2D eigenvalue weighted by molar-refractivity contribution is -0.0144. The number of H-pyrrole nitrogens is 1. The summed E-state index contributed by atoms with van der Waals surface area (Å²) in [7, 11) is 0. The number of rotatable bonds is 11. The number of aromatic nitrogens is 1. The number of nitrogens with one attached hydrogen (secondary N) is 1. The molecule has 0 radical (unpaired) electrons. The summed E-state index contributed by atoms with van der Waals surface area (Å²) in [6.45, 7) is 9.14. The first-order valence-corrected chi connectivity index (χ1v) is 13.8. The largest absolute Gasteiger partial charge is 0.361 e. The zero-order valence-electron chi connectivity index (χ0n) is 22.3. The van der Waals surface area contributed by atoms with Crippen LogP contribution in [0.5, 0.6) is 0 Å². The number of ether oxygens (including phenoxy) is 1. The minimum absolute atomic E-state index is 0.267. The van der Waals surface area contributed by atoms with Gasteiger partial charge in [0.1, 0.15) is 11.4 Å². The first-order chi connectivity index (χ1) is 18.9. The summed E-state index contributed by atoms with van der Waals surface area (Å²) in [5.74, 6) is -0.267. The number of benzene rings is 3. The number of nitrogens with zero attached hydrogens (tertiary/aromatic N) is 2. The van der Waals surface area contributed by atoms with Gasteiger partial charge in [-0.25, -0.2) is 4.39 Å². The lowest BCUT2D eigenvalue weighted by Crippen LogP contribution is -2.31. The van der Waals surface area contributed by atoms with Gasteiger partial charge in [-0.1, -0.05) is 35.9 Å². The Balaban J connectivity index is 1.27. The van der Waals surface area contributed by atoms with Crippen LogP contribution in [0.2, 0.25) is 5.02 Å². The molecular formula is C33H33ClFN3O. The van der Waals surface area contributed by atoms with E-state index >= 15 is 0 Å². The molecule has 0 amide bonds. The van der Waals surface area contributed by atoms with Gasteiger partial charge in [-0.2, -0.15) is 5.26 Å². The molecule has 4 nitrogen and oxygen atoms in total. The molecule has 5 rings (SSSR count). The van der Waals surface area contributed by atoms with Gasteiger partial charge in [-0.15, -0.1) is 6.58 Å². The molecule has 1 unspecified atom stereocenters. The summed E-state index contributed by atoms with van der Waals surface area (Å²) < 4.78 is 20.3. The highest BCUT2D eigenvalue weighted by Crippen LogP contribution is 2.45. The maximum Gasteiger partial charge on any atom is 0.123 e. The summed E-state index contributed by atoms with van der Waals surface area (Å²) in [4.78, 5) is 5.83. The van der Waals surface area contributed by atoms with Gasteiger partial charge in [0, 0.05) is 28.7 Å². The van der Waals surface area contributed by atoms with Gasteiger partial charge in [-0.3, -0.25) is 4.90 Å². The van der Waals surface area contributed by atoms with E-state index in [1.165, 1.54) is 23.1 Å². The fraction of sp³-hybridized carbons (Fsp3) is 0.303. The van der Waals surface area contributed by atoms with Crippen LogP contribution in [-0.4, -0.2) is 29.5 Å². The van der Waals surface area contributed by atoms with E-state index in [2.05, 4.69) is 35.7 Å². The van der Waals surface area contributed by atoms with Gasteiger partial charge < -0.3 is 9.72 Å². The van der Waals surface area contributed by atoms with E-state index in [0.717, 1.165) is 78.1 Å². The summed E-state index contributed by atoms with van der Waals surface area (Å²) >= 11 is 6.32. The van der Waals surface area contributed by atoms with E-state index in [-0.39, 0.29) is 5.82 Å². The smallest absolute Gasteiger partial charge is 0.123 e. The molecule has 1 atom stereocenters.